The molecule has 200 valence electrons. The molecule has 3 heterocycles. The highest BCUT2D eigenvalue weighted by atomic mass is 16.6. The topological polar surface area (TPSA) is 129 Å². The molecule has 0 atom stereocenters. The van der Waals surface area contributed by atoms with Gasteiger partial charge in [-0.1, -0.05) is 59.8 Å². The number of pyridine rings is 1. The molecule has 9 heteroatoms. The van der Waals surface area contributed by atoms with Crippen LogP contribution in [0.2, 0.25) is 0 Å². The van der Waals surface area contributed by atoms with Crippen molar-refractivity contribution in [2.75, 3.05) is 18.4 Å². The van der Waals surface area contributed by atoms with E-state index < -0.39 is 6.16 Å². The molecule has 6 rings (SSSR count). The number of aromatic nitrogens is 2. The zero-order chi connectivity index (χ0) is 27.4. The Hall–Kier alpha value is -4.66. The number of hydrogen-bond donors (Lipinski definition) is 3. The van der Waals surface area contributed by atoms with Crippen LogP contribution in [0.3, 0.4) is 0 Å². The Bertz CT molecular complexity index is 1450. The van der Waals surface area contributed by atoms with E-state index in [1.807, 2.05) is 24.0 Å². The Labute approximate surface area is 226 Å². The molecular weight excluding hydrogens is 496 g/mol. The molecule has 1 saturated heterocycles. The predicted octanol–water partition coefficient (Wildman–Crippen LogP) is 6.79. The van der Waals surface area contributed by atoms with Crippen molar-refractivity contribution < 1.29 is 24.3 Å². The molecule has 4 aromatic rings. The number of rotatable bonds is 6. The molecule has 2 aromatic heterocycles. The first-order valence-corrected chi connectivity index (χ1v) is 13.0. The van der Waals surface area contributed by atoms with Crippen molar-refractivity contribution in [3.8, 4) is 22.5 Å². The molecule has 2 fully saturated rings. The number of aryl methyl sites for hydroxylation is 1. The smallest absolute Gasteiger partial charge is 0.450 e. The van der Waals surface area contributed by atoms with E-state index in [1.54, 1.807) is 6.07 Å². The van der Waals surface area contributed by atoms with Crippen LogP contribution in [-0.2, 0) is 0 Å². The quantitative estimate of drug-likeness (QED) is 0.250. The molecule has 39 heavy (non-hydrogen) atoms. The van der Waals surface area contributed by atoms with Crippen molar-refractivity contribution in [1.29, 1.82) is 0 Å². The first kappa shape index (κ1) is 26.0. The van der Waals surface area contributed by atoms with Crippen LogP contribution in [0, 0.1) is 6.92 Å². The number of nitrogens with zero attached hydrogens (tertiary/aromatic N) is 3. The molecule has 2 aliphatic rings. The number of carboxylic acid groups (broad SMARTS) is 2. The van der Waals surface area contributed by atoms with Gasteiger partial charge in [0.1, 0.15) is 22.9 Å². The minimum Gasteiger partial charge on any atom is -0.450 e. The van der Waals surface area contributed by atoms with Crippen LogP contribution >= 0.6 is 0 Å². The van der Waals surface area contributed by atoms with Crippen molar-refractivity contribution in [2.24, 2.45) is 0 Å². The van der Waals surface area contributed by atoms with Gasteiger partial charge in [-0.25, -0.2) is 9.78 Å². The largest absolute Gasteiger partial charge is 0.503 e. The van der Waals surface area contributed by atoms with Crippen molar-refractivity contribution in [1.82, 2.24) is 15.0 Å². The normalized spacial score (nSPS) is 14.4. The van der Waals surface area contributed by atoms with Gasteiger partial charge in [0.25, 0.3) is 5.91 Å². The Morgan fingerprint density at radius 3 is 2.10 bits per heavy atom. The number of carbonyl (C=O) groups excluding carboxylic acids is 1. The Kier molecular flexibility index (Phi) is 7.58. The molecule has 1 amide bonds. The van der Waals surface area contributed by atoms with E-state index in [-0.39, 0.29) is 5.91 Å². The maximum absolute atomic E-state index is 12.8. The van der Waals surface area contributed by atoms with Gasteiger partial charge in [-0.3, -0.25) is 4.79 Å². The summed E-state index contributed by atoms with van der Waals surface area (Å²) < 4.78 is 5.69. The third kappa shape index (κ3) is 6.26. The van der Waals surface area contributed by atoms with Gasteiger partial charge >= 0.3 is 6.16 Å². The van der Waals surface area contributed by atoms with Gasteiger partial charge in [-0.05, 0) is 67.3 Å². The monoisotopic (exact) mass is 526 g/mol. The minimum atomic E-state index is -1.83. The van der Waals surface area contributed by atoms with Gasteiger partial charge in [0, 0.05) is 18.7 Å². The molecule has 0 bridgehead atoms. The average molecular weight is 527 g/mol. The number of anilines is 2. The number of carbonyl (C=O) groups is 2. The standard InChI is InChI=1S/C29H28N4O2.CH2O3/c1-19-27(31-26-6-4-5-25(30-26)29(34)33-17-2-3-18-33)28(35-32-19)24-15-13-23(14-16-24)22-11-9-21(10-12-22)20-7-8-20;2-1(3)4/h4-6,9-16,20H,2-3,7-8,17-18H2,1H3,(H,30,31);(H2,2,3,4). The average Bonchev–Trinajstić information content (AvgIpc) is 3.53. The maximum atomic E-state index is 12.8. The summed E-state index contributed by atoms with van der Waals surface area (Å²) in [6.45, 7) is 3.49. The number of likely N-dealkylation sites (tertiary alicyclic amines) is 1. The van der Waals surface area contributed by atoms with Gasteiger partial charge in [0.05, 0.1) is 0 Å². The SMILES string of the molecule is Cc1noc(-c2ccc(-c3ccc(C4CC4)cc3)cc2)c1Nc1cccc(C(=O)N2CCCC2)n1.O=C(O)O. The molecule has 1 saturated carbocycles. The lowest BCUT2D eigenvalue weighted by atomic mass is 10.0. The fourth-order valence-corrected chi connectivity index (χ4v) is 4.73. The lowest BCUT2D eigenvalue weighted by molar-refractivity contribution is 0.0787. The van der Waals surface area contributed by atoms with E-state index >= 15 is 0 Å². The maximum Gasteiger partial charge on any atom is 0.503 e. The molecule has 2 aromatic carbocycles. The second kappa shape index (κ2) is 11.4. The van der Waals surface area contributed by atoms with E-state index in [9.17, 15) is 4.79 Å². The third-order valence-electron chi connectivity index (χ3n) is 6.92. The highest BCUT2D eigenvalue weighted by molar-refractivity contribution is 5.93. The van der Waals surface area contributed by atoms with Crippen molar-refractivity contribution in [3.05, 3.63) is 83.7 Å². The Balaban J connectivity index is 0.000000723. The van der Waals surface area contributed by atoms with Crippen LogP contribution in [0.1, 0.15) is 53.3 Å². The van der Waals surface area contributed by atoms with Crippen LogP contribution in [0.15, 0.2) is 71.3 Å². The molecule has 0 radical (unpaired) electrons. The Morgan fingerprint density at radius 2 is 1.49 bits per heavy atom. The summed E-state index contributed by atoms with van der Waals surface area (Å²) >= 11 is 0. The van der Waals surface area contributed by atoms with Crippen LogP contribution in [-0.4, -0.2) is 50.4 Å². The van der Waals surface area contributed by atoms with Crippen molar-refractivity contribution >= 4 is 23.6 Å². The van der Waals surface area contributed by atoms with Crippen LogP contribution in [0.5, 0.6) is 0 Å². The minimum absolute atomic E-state index is 0.0193. The lowest BCUT2D eigenvalue weighted by Gasteiger charge is -2.15. The van der Waals surface area contributed by atoms with E-state index in [4.69, 9.17) is 19.5 Å². The second-order valence-electron chi connectivity index (χ2n) is 9.76. The highest BCUT2D eigenvalue weighted by Crippen LogP contribution is 2.40. The number of amides is 1. The molecular formula is C30H30N4O5. The molecule has 1 aliphatic heterocycles. The van der Waals surface area contributed by atoms with E-state index in [0.29, 0.717) is 17.3 Å². The molecule has 9 nitrogen and oxygen atoms in total. The predicted molar refractivity (Wildman–Crippen MR) is 147 cm³/mol. The fraction of sp³-hybridized carbons (Fsp3) is 0.267. The summed E-state index contributed by atoms with van der Waals surface area (Å²) in [5, 5.41) is 21.5. The second-order valence-corrected chi connectivity index (χ2v) is 9.76. The van der Waals surface area contributed by atoms with Gasteiger partial charge in [-0.2, -0.15) is 0 Å². The van der Waals surface area contributed by atoms with Crippen molar-refractivity contribution in [2.45, 2.75) is 38.5 Å². The summed E-state index contributed by atoms with van der Waals surface area (Å²) in [5.41, 5.74) is 6.68. The summed E-state index contributed by atoms with van der Waals surface area (Å²) in [6, 6.07) is 22.7. The summed E-state index contributed by atoms with van der Waals surface area (Å²) in [6.07, 6.45) is 2.90. The number of nitrogens with one attached hydrogen (secondary N) is 1. The van der Waals surface area contributed by atoms with Crippen LogP contribution in [0.4, 0.5) is 16.3 Å². The highest BCUT2D eigenvalue weighted by Gasteiger charge is 2.23. The third-order valence-corrected chi connectivity index (χ3v) is 6.92. The van der Waals surface area contributed by atoms with E-state index in [2.05, 4.69) is 64.0 Å². The molecule has 3 N–H and O–H groups in total. The first-order valence-electron chi connectivity index (χ1n) is 13.0. The molecule has 1 aliphatic carbocycles. The zero-order valence-corrected chi connectivity index (χ0v) is 21.6. The Morgan fingerprint density at radius 1 is 0.897 bits per heavy atom. The summed E-state index contributed by atoms with van der Waals surface area (Å²) in [7, 11) is 0. The van der Waals surface area contributed by atoms with Crippen molar-refractivity contribution in [3.63, 3.8) is 0 Å². The number of hydrogen-bond acceptors (Lipinski definition) is 6. The van der Waals surface area contributed by atoms with Gasteiger partial charge in [0.2, 0.25) is 0 Å². The molecule has 0 unspecified atom stereocenters. The fourth-order valence-electron chi connectivity index (χ4n) is 4.73. The lowest BCUT2D eigenvalue weighted by Crippen LogP contribution is -2.28. The first-order chi connectivity index (χ1) is 18.9. The van der Waals surface area contributed by atoms with Gasteiger partial charge < -0.3 is 25.0 Å². The van der Waals surface area contributed by atoms with Gasteiger partial charge in [-0.15, -0.1) is 0 Å². The van der Waals surface area contributed by atoms with Crippen LogP contribution in [0.25, 0.3) is 22.5 Å². The van der Waals surface area contributed by atoms with E-state index in [1.165, 1.54) is 24.0 Å². The van der Waals surface area contributed by atoms with Gasteiger partial charge in [0.15, 0.2) is 5.76 Å². The van der Waals surface area contributed by atoms with Crippen LogP contribution < -0.4 is 5.32 Å². The molecule has 0 spiro atoms. The number of benzene rings is 2. The summed E-state index contributed by atoms with van der Waals surface area (Å²) in [4.78, 5) is 27.8. The van der Waals surface area contributed by atoms with E-state index in [0.717, 1.165) is 54.4 Å². The zero-order valence-electron chi connectivity index (χ0n) is 21.6. The summed E-state index contributed by atoms with van der Waals surface area (Å²) in [5.74, 6) is 1.99.